The first-order valence-corrected chi connectivity index (χ1v) is 8.12. The zero-order valence-corrected chi connectivity index (χ0v) is 11.8. The Morgan fingerprint density at radius 3 is 3.21 bits per heavy atom. The second kappa shape index (κ2) is 4.76. The largest absolute Gasteiger partial charge is 0.365 e. The number of nitrogens with zero attached hydrogens (tertiary/aromatic N) is 2. The number of pyridine rings is 1. The molecule has 0 saturated carbocycles. The van der Waals surface area contributed by atoms with Gasteiger partial charge < -0.3 is 5.32 Å². The lowest BCUT2D eigenvalue weighted by atomic mass is 9.99. The molecular weight excluding hydrogens is 254 g/mol. The van der Waals surface area contributed by atoms with Crippen molar-refractivity contribution in [2.75, 3.05) is 18.4 Å². The molecule has 0 bridgehead atoms. The fourth-order valence-corrected chi connectivity index (χ4v) is 4.38. The van der Waals surface area contributed by atoms with Crippen molar-refractivity contribution in [3.8, 4) is 0 Å². The number of thiophene rings is 1. The summed E-state index contributed by atoms with van der Waals surface area (Å²) in [5.41, 5.74) is 0. The van der Waals surface area contributed by atoms with Gasteiger partial charge in [0.1, 0.15) is 5.82 Å². The van der Waals surface area contributed by atoms with Gasteiger partial charge in [0.15, 0.2) is 0 Å². The molecule has 2 saturated heterocycles. The highest BCUT2D eigenvalue weighted by atomic mass is 32.1. The van der Waals surface area contributed by atoms with Gasteiger partial charge in [-0.15, -0.1) is 11.3 Å². The fraction of sp³-hybridized carbons (Fsp3) is 0.533. The van der Waals surface area contributed by atoms with E-state index in [1.54, 1.807) is 11.3 Å². The second-order valence-corrected chi connectivity index (χ2v) is 6.58. The molecule has 4 rings (SSSR count). The molecule has 0 aromatic carbocycles. The van der Waals surface area contributed by atoms with Crippen LogP contribution in [0.5, 0.6) is 0 Å². The minimum Gasteiger partial charge on any atom is -0.365 e. The Balaban J connectivity index is 1.59. The standard InChI is InChI=1S/C15H19N3S/c1-2-8-18-9-5-12(13(18)3-1)17-15-11-6-10-19-14(11)4-7-16-15/h4,6-7,10,12-13H,1-3,5,8-9H2,(H,16,17). The van der Waals surface area contributed by atoms with E-state index in [0.29, 0.717) is 6.04 Å². The molecule has 0 aliphatic carbocycles. The molecule has 2 unspecified atom stereocenters. The van der Waals surface area contributed by atoms with E-state index < -0.39 is 0 Å². The van der Waals surface area contributed by atoms with Crippen LogP contribution in [0.4, 0.5) is 5.82 Å². The first-order valence-electron chi connectivity index (χ1n) is 7.24. The zero-order chi connectivity index (χ0) is 12.7. The summed E-state index contributed by atoms with van der Waals surface area (Å²) in [6.07, 6.45) is 7.29. The molecule has 0 amide bonds. The van der Waals surface area contributed by atoms with Crippen molar-refractivity contribution in [3.63, 3.8) is 0 Å². The summed E-state index contributed by atoms with van der Waals surface area (Å²) < 4.78 is 1.33. The van der Waals surface area contributed by atoms with Gasteiger partial charge in [-0.2, -0.15) is 0 Å². The lowest BCUT2D eigenvalue weighted by Gasteiger charge is -2.32. The monoisotopic (exact) mass is 273 g/mol. The highest BCUT2D eigenvalue weighted by molar-refractivity contribution is 7.17. The molecule has 2 atom stereocenters. The zero-order valence-electron chi connectivity index (χ0n) is 11.0. The predicted octanol–water partition coefficient (Wildman–Crippen LogP) is 3.34. The molecule has 1 N–H and O–H groups in total. The Bertz CT molecular complexity index is 580. The highest BCUT2D eigenvalue weighted by Crippen LogP contribution is 2.31. The molecule has 100 valence electrons. The molecule has 2 fully saturated rings. The number of rotatable bonds is 2. The molecule has 2 aromatic heterocycles. The Hall–Kier alpha value is -1.13. The van der Waals surface area contributed by atoms with Gasteiger partial charge >= 0.3 is 0 Å². The van der Waals surface area contributed by atoms with Gasteiger partial charge in [0.05, 0.1) is 0 Å². The molecular formula is C15H19N3S. The summed E-state index contributed by atoms with van der Waals surface area (Å²) in [5, 5.41) is 7.15. The van der Waals surface area contributed by atoms with Crippen molar-refractivity contribution < 1.29 is 0 Å². The smallest absolute Gasteiger partial charge is 0.134 e. The van der Waals surface area contributed by atoms with Gasteiger partial charge in [-0.3, -0.25) is 4.90 Å². The SMILES string of the molecule is c1cc2sccc2c(NC2CCN3CCCCC23)n1. The topological polar surface area (TPSA) is 28.2 Å². The minimum atomic E-state index is 0.582. The average Bonchev–Trinajstić information content (AvgIpc) is 3.06. The van der Waals surface area contributed by atoms with Crippen LogP contribution in [0, 0.1) is 0 Å². The lowest BCUT2D eigenvalue weighted by molar-refractivity contribution is 0.192. The Kier molecular flexibility index (Phi) is 2.93. The molecule has 4 heterocycles. The Labute approximate surface area is 117 Å². The predicted molar refractivity (Wildman–Crippen MR) is 80.9 cm³/mol. The highest BCUT2D eigenvalue weighted by Gasteiger charge is 2.35. The van der Waals surface area contributed by atoms with Crippen LogP contribution >= 0.6 is 11.3 Å². The molecule has 0 spiro atoms. The lowest BCUT2D eigenvalue weighted by Crippen LogP contribution is -2.41. The molecule has 2 aromatic rings. The number of piperidine rings is 1. The van der Waals surface area contributed by atoms with Crippen LogP contribution in [0.1, 0.15) is 25.7 Å². The van der Waals surface area contributed by atoms with Crippen LogP contribution in [-0.2, 0) is 0 Å². The van der Waals surface area contributed by atoms with Gasteiger partial charge in [0, 0.05) is 34.9 Å². The van der Waals surface area contributed by atoms with Gasteiger partial charge in [0.25, 0.3) is 0 Å². The van der Waals surface area contributed by atoms with Crippen molar-refractivity contribution in [2.45, 2.75) is 37.8 Å². The first kappa shape index (κ1) is 11.7. The van der Waals surface area contributed by atoms with Crippen molar-refractivity contribution in [3.05, 3.63) is 23.7 Å². The molecule has 19 heavy (non-hydrogen) atoms. The van der Waals surface area contributed by atoms with Gasteiger partial charge in [-0.05, 0) is 43.3 Å². The number of hydrogen-bond acceptors (Lipinski definition) is 4. The number of nitrogens with one attached hydrogen (secondary N) is 1. The maximum atomic E-state index is 4.56. The Morgan fingerprint density at radius 2 is 2.21 bits per heavy atom. The molecule has 2 aliphatic heterocycles. The second-order valence-electron chi connectivity index (χ2n) is 5.63. The van der Waals surface area contributed by atoms with E-state index in [0.717, 1.165) is 11.9 Å². The van der Waals surface area contributed by atoms with E-state index in [-0.39, 0.29) is 0 Å². The third kappa shape index (κ3) is 2.03. The average molecular weight is 273 g/mol. The fourth-order valence-electron chi connectivity index (χ4n) is 3.60. The summed E-state index contributed by atoms with van der Waals surface area (Å²) in [4.78, 5) is 7.22. The van der Waals surface area contributed by atoms with Gasteiger partial charge in [-0.25, -0.2) is 4.98 Å². The normalized spacial score (nSPS) is 27.6. The van der Waals surface area contributed by atoms with E-state index in [4.69, 9.17) is 0 Å². The van der Waals surface area contributed by atoms with Gasteiger partial charge in [-0.1, -0.05) is 6.42 Å². The number of aromatic nitrogens is 1. The quantitative estimate of drug-likeness (QED) is 0.909. The van der Waals surface area contributed by atoms with Crippen LogP contribution < -0.4 is 5.32 Å². The Morgan fingerprint density at radius 1 is 1.21 bits per heavy atom. The van der Waals surface area contributed by atoms with Gasteiger partial charge in [0.2, 0.25) is 0 Å². The van der Waals surface area contributed by atoms with Crippen LogP contribution in [0.2, 0.25) is 0 Å². The van der Waals surface area contributed by atoms with E-state index >= 15 is 0 Å². The number of hydrogen-bond donors (Lipinski definition) is 1. The van der Waals surface area contributed by atoms with Crippen molar-refractivity contribution in [1.82, 2.24) is 9.88 Å². The van der Waals surface area contributed by atoms with Crippen LogP contribution in [0.25, 0.3) is 10.1 Å². The van der Waals surface area contributed by atoms with Crippen LogP contribution in [0.15, 0.2) is 23.7 Å². The number of fused-ring (bicyclic) bond motifs is 2. The number of anilines is 1. The van der Waals surface area contributed by atoms with Crippen molar-refractivity contribution >= 4 is 27.2 Å². The maximum absolute atomic E-state index is 4.56. The molecule has 4 heteroatoms. The van der Waals surface area contributed by atoms with E-state index in [1.807, 2.05) is 6.20 Å². The summed E-state index contributed by atoms with van der Waals surface area (Å²) >= 11 is 1.79. The summed E-state index contributed by atoms with van der Waals surface area (Å²) in [7, 11) is 0. The van der Waals surface area contributed by atoms with Crippen LogP contribution in [-0.4, -0.2) is 35.1 Å². The maximum Gasteiger partial charge on any atom is 0.134 e. The van der Waals surface area contributed by atoms with Crippen LogP contribution in [0.3, 0.4) is 0 Å². The minimum absolute atomic E-state index is 0.582. The summed E-state index contributed by atoms with van der Waals surface area (Å²) in [5.74, 6) is 1.08. The third-order valence-corrected chi connectivity index (χ3v) is 5.44. The van der Waals surface area contributed by atoms with Crippen molar-refractivity contribution in [1.29, 1.82) is 0 Å². The van der Waals surface area contributed by atoms with E-state index in [9.17, 15) is 0 Å². The third-order valence-electron chi connectivity index (χ3n) is 4.56. The molecule has 3 nitrogen and oxygen atoms in total. The summed E-state index contributed by atoms with van der Waals surface area (Å²) in [6, 6.07) is 5.60. The van der Waals surface area contributed by atoms with E-state index in [1.165, 1.54) is 48.9 Å². The first-order chi connectivity index (χ1) is 9.42. The van der Waals surface area contributed by atoms with Crippen molar-refractivity contribution in [2.24, 2.45) is 0 Å². The molecule has 0 radical (unpaired) electrons. The van der Waals surface area contributed by atoms with E-state index in [2.05, 4.69) is 32.7 Å². The summed E-state index contributed by atoms with van der Waals surface area (Å²) in [6.45, 7) is 2.54. The molecule has 2 aliphatic rings.